The van der Waals surface area contributed by atoms with Gasteiger partial charge in [0.2, 0.25) is 0 Å². The first-order valence-corrected chi connectivity index (χ1v) is 7.60. The fourth-order valence-corrected chi connectivity index (χ4v) is 3.24. The lowest BCUT2D eigenvalue weighted by Gasteiger charge is -2.27. The van der Waals surface area contributed by atoms with Gasteiger partial charge in [-0.2, -0.15) is 0 Å². The standard InChI is InChI=1S/C15H23N3O/c19-12-8-6-11(7-9-12)18-15-13-4-2-1-3-5-14(13)16-10-17-15/h10-12,19H,1-9H2,(H,16,17,18). The largest absolute Gasteiger partial charge is 0.393 e. The molecule has 2 aliphatic rings. The predicted molar refractivity (Wildman–Crippen MR) is 75.2 cm³/mol. The first-order valence-electron chi connectivity index (χ1n) is 7.60. The number of aromatic nitrogens is 2. The van der Waals surface area contributed by atoms with Gasteiger partial charge in [0.05, 0.1) is 6.10 Å². The highest BCUT2D eigenvalue weighted by atomic mass is 16.3. The molecule has 0 amide bonds. The third-order valence-corrected chi connectivity index (χ3v) is 4.41. The number of nitrogens with one attached hydrogen (secondary N) is 1. The molecule has 4 nitrogen and oxygen atoms in total. The summed E-state index contributed by atoms with van der Waals surface area (Å²) in [6.45, 7) is 0. The third-order valence-electron chi connectivity index (χ3n) is 4.41. The molecule has 2 aliphatic carbocycles. The van der Waals surface area contributed by atoms with E-state index in [2.05, 4.69) is 15.3 Å². The van der Waals surface area contributed by atoms with Crippen molar-refractivity contribution in [1.29, 1.82) is 0 Å². The van der Waals surface area contributed by atoms with E-state index in [0.717, 1.165) is 44.3 Å². The molecule has 1 heterocycles. The van der Waals surface area contributed by atoms with Crippen molar-refractivity contribution in [3.05, 3.63) is 17.6 Å². The molecule has 1 aromatic heterocycles. The average Bonchev–Trinajstić information content (AvgIpc) is 2.67. The van der Waals surface area contributed by atoms with Gasteiger partial charge in [-0.05, 0) is 51.4 Å². The van der Waals surface area contributed by atoms with Gasteiger partial charge in [-0.25, -0.2) is 9.97 Å². The van der Waals surface area contributed by atoms with Crippen molar-refractivity contribution in [1.82, 2.24) is 9.97 Å². The van der Waals surface area contributed by atoms with Crippen LogP contribution in [0.3, 0.4) is 0 Å². The molecule has 1 saturated carbocycles. The smallest absolute Gasteiger partial charge is 0.133 e. The summed E-state index contributed by atoms with van der Waals surface area (Å²) in [6, 6.07) is 0.464. The molecule has 0 saturated heterocycles. The zero-order valence-electron chi connectivity index (χ0n) is 11.4. The van der Waals surface area contributed by atoms with Crippen LogP contribution in [0.15, 0.2) is 6.33 Å². The molecule has 4 heteroatoms. The van der Waals surface area contributed by atoms with Crippen LogP contribution in [0.2, 0.25) is 0 Å². The molecule has 19 heavy (non-hydrogen) atoms. The molecule has 104 valence electrons. The Kier molecular flexibility index (Phi) is 3.97. The normalized spacial score (nSPS) is 27.4. The Labute approximate surface area is 114 Å². The van der Waals surface area contributed by atoms with Crippen LogP contribution in [0.5, 0.6) is 0 Å². The van der Waals surface area contributed by atoms with Crippen molar-refractivity contribution in [2.24, 2.45) is 0 Å². The fraction of sp³-hybridized carbons (Fsp3) is 0.733. The molecule has 0 unspecified atom stereocenters. The van der Waals surface area contributed by atoms with Gasteiger partial charge in [0.1, 0.15) is 12.1 Å². The van der Waals surface area contributed by atoms with Crippen LogP contribution in [0.25, 0.3) is 0 Å². The number of aliphatic hydroxyl groups is 1. The van der Waals surface area contributed by atoms with Gasteiger partial charge >= 0.3 is 0 Å². The number of nitrogens with zero attached hydrogens (tertiary/aromatic N) is 2. The Balaban J connectivity index is 1.74. The Morgan fingerprint density at radius 3 is 2.63 bits per heavy atom. The van der Waals surface area contributed by atoms with Crippen LogP contribution in [0, 0.1) is 0 Å². The minimum atomic E-state index is -0.0967. The van der Waals surface area contributed by atoms with Crippen molar-refractivity contribution in [3.8, 4) is 0 Å². The highest BCUT2D eigenvalue weighted by Gasteiger charge is 2.21. The SMILES string of the molecule is OC1CCC(Nc2ncnc3c2CCCCC3)CC1. The molecule has 0 atom stereocenters. The second-order valence-corrected chi connectivity index (χ2v) is 5.86. The molecule has 0 aliphatic heterocycles. The van der Waals surface area contributed by atoms with Crippen molar-refractivity contribution in [2.45, 2.75) is 69.9 Å². The Hall–Kier alpha value is -1.16. The van der Waals surface area contributed by atoms with E-state index in [-0.39, 0.29) is 6.10 Å². The van der Waals surface area contributed by atoms with Crippen LogP contribution in [0.4, 0.5) is 5.82 Å². The Morgan fingerprint density at radius 1 is 1.00 bits per heavy atom. The van der Waals surface area contributed by atoms with E-state index in [9.17, 15) is 5.11 Å². The second-order valence-electron chi connectivity index (χ2n) is 5.86. The zero-order valence-corrected chi connectivity index (χ0v) is 11.4. The molecule has 0 spiro atoms. The number of anilines is 1. The predicted octanol–water partition coefficient (Wildman–Crippen LogP) is 2.46. The Bertz CT molecular complexity index is 427. The van der Waals surface area contributed by atoms with Gasteiger partial charge < -0.3 is 10.4 Å². The van der Waals surface area contributed by atoms with Gasteiger partial charge in [-0.15, -0.1) is 0 Å². The van der Waals surface area contributed by atoms with Crippen LogP contribution in [-0.4, -0.2) is 27.2 Å². The van der Waals surface area contributed by atoms with E-state index < -0.39 is 0 Å². The molecule has 2 N–H and O–H groups in total. The number of hydrogen-bond donors (Lipinski definition) is 2. The maximum Gasteiger partial charge on any atom is 0.133 e. The molecule has 1 fully saturated rings. The minimum absolute atomic E-state index is 0.0967. The van der Waals surface area contributed by atoms with Gasteiger partial charge in [-0.1, -0.05) is 6.42 Å². The van der Waals surface area contributed by atoms with Gasteiger partial charge in [0.15, 0.2) is 0 Å². The molecular formula is C15H23N3O. The van der Waals surface area contributed by atoms with E-state index in [0.29, 0.717) is 6.04 Å². The number of rotatable bonds is 2. The first-order chi connectivity index (χ1) is 9.33. The molecule has 0 bridgehead atoms. The Morgan fingerprint density at radius 2 is 1.79 bits per heavy atom. The number of hydrogen-bond acceptors (Lipinski definition) is 4. The van der Waals surface area contributed by atoms with Crippen LogP contribution < -0.4 is 5.32 Å². The topological polar surface area (TPSA) is 58.0 Å². The maximum absolute atomic E-state index is 9.57. The van der Waals surface area contributed by atoms with Crippen LogP contribution in [0.1, 0.15) is 56.2 Å². The minimum Gasteiger partial charge on any atom is -0.393 e. The highest BCUT2D eigenvalue weighted by Crippen LogP contribution is 2.27. The summed E-state index contributed by atoms with van der Waals surface area (Å²) >= 11 is 0. The molecule has 1 aromatic rings. The summed E-state index contributed by atoms with van der Waals surface area (Å²) < 4.78 is 0. The third kappa shape index (κ3) is 3.06. The zero-order chi connectivity index (χ0) is 13.1. The number of aryl methyl sites for hydroxylation is 1. The summed E-state index contributed by atoms with van der Waals surface area (Å²) in [7, 11) is 0. The lowest BCUT2D eigenvalue weighted by atomic mass is 9.93. The highest BCUT2D eigenvalue weighted by molar-refractivity contribution is 5.47. The van der Waals surface area contributed by atoms with E-state index >= 15 is 0 Å². The van der Waals surface area contributed by atoms with Gasteiger partial charge in [0.25, 0.3) is 0 Å². The van der Waals surface area contributed by atoms with E-state index in [1.54, 1.807) is 6.33 Å². The summed E-state index contributed by atoms with van der Waals surface area (Å²) in [6.07, 6.45) is 11.5. The van der Waals surface area contributed by atoms with Gasteiger partial charge in [0, 0.05) is 17.3 Å². The van der Waals surface area contributed by atoms with Gasteiger partial charge in [-0.3, -0.25) is 0 Å². The maximum atomic E-state index is 9.57. The van der Waals surface area contributed by atoms with E-state index in [1.165, 1.54) is 30.5 Å². The first kappa shape index (κ1) is 12.9. The molecule has 0 aromatic carbocycles. The molecule has 0 radical (unpaired) electrons. The van der Waals surface area contributed by atoms with E-state index in [1.807, 2.05) is 0 Å². The lowest BCUT2D eigenvalue weighted by molar-refractivity contribution is 0.126. The van der Waals surface area contributed by atoms with Crippen molar-refractivity contribution >= 4 is 5.82 Å². The van der Waals surface area contributed by atoms with Crippen molar-refractivity contribution in [2.75, 3.05) is 5.32 Å². The molecule has 3 rings (SSSR count). The monoisotopic (exact) mass is 261 g/mol. The average molecular weight is 261 g/mol. The molecular weight excluding hydrogens is 238 g/mol. The van der Waals surface area contributed by atoms with Crippen molar-refractivity contribution in [3.63, 3.8) is 0 Å². The fourth-order valence-electron chi connectivity index (χ4n) is 3.24. The quantitative estimate of drug-likeness (QED) is 0.803. The summed E-state index contributed by atoms with van der Waals surface area (Å²) in [5.41, 5.74) is 2.58. The van der Waals surface area contributed by atoms with Crippen LogP contribution in [-0.2, 0) is 12.8 Å². The summed E-state index contributed by atoms with van der Waals surface area (Å²) in [5, 5.41) is 13.2. The van der Waals surface area contributed by atoms with Crippen molar-refractivity contribution < 1.29 is 5.11 Å². The summed E-state index contributed by atoms with van der Waals surface area (Å²) in [4.78, 5) is 8.92. The second kappa shape index (κ2) is 5.87. The lowest BCUT2D eigenvalue weighted by Crippen LogP contribution is -2.29. The van der Waals surface area contributed by atoms with E-state index in [4.69, 9.17) is 0 Å². The number of fused-ring (bicyclic) bond motifs is 1. The number of aliphatic hydroxyl groups excluding tert-OH is 1. The summed E-state index contributed by atoms with van der Waals surface area (Å²) in [5.74, 6) is 1.05. The van der Waals surface area contributed by atoms with Crippen LogP contribution >= 0.6 is 0 Å².